The van der Waals surface area contributed by atoms with Crippen LogP contribution in [0.1, 0.15) is 50.7 Å². The molecule has 4 rings (SSSR count). The van der Waals surface area contributed by atoms with Gasteiger partial charge in [-0.15, -0.1) is 12.6 Å². The van der Waals surface area contributed by atoms with Gasteiger partial charge in [-0.2, -0.15) is 31.6 Å². The first-order chi connectivity index (χ1) is 21.0. The lowest BCUT2D eigenvalue weighted by Gasteiger charge is -2.42. The van der Waals surface area contributed by atoms with Gasteiger partial charge in [0.05, 0.1) is 49.1 Å². The molecule has 250 valence electrons. The monoisotopic (exact) mass is 665 g/mol. The van der Waals surface area contributed by atoms with Crippen LogP contribution >= 0.6 is 12.6 Å². The number of hydrogen-bond donors (Lipinski definition) is 1. The quantitative estimate of drug-likeness (QED) is 0.251. The highest BCUT2D eigenvalue weighted by atomic mass is 32.1. The Morgan fingerprint density at radius 3 is 2.36 bits per heavy atom. The molecule has 0 aromatic heterocycles. The maximum Gasteiger partial charge on any atom is 0.417 e. The molecular weight excluding hydrogens is 628 g/mol. The van der Waals surface area contributed by atoms with Gasteiger partial charge in [0.25, 0.3) is 0 Å². The fourth-order valence-electron chi connectivity index (χ4n) is 6.48. The number of anilines is 1. The largest absolute Gasteiger partial charge is 0.468 e. The van der Waals surface area contributed by atoms with Crippen molar-refractivity contribution < 1.29 is 45.4 Å². The summed E-state index contributed by atoms with van der Waals surface area (Å²) in [7, 11) is 1.14. The van der Waals surface area contributed by atoms with Crippen LogP contribution in [0.25, 0.3) is 0 Å². The summed E-state index contributed by atoms with van der Waals surface area (Å²) in [5.41, 5.74) is -3.57. The topological polar surface area (TPSA) is 89.3 Å². The van der Waals surface area contributed by atoms with Gasteiger partial charge in [-0.05, 0) is 57.7 Å². The molecule has 1 amide bonds. The average molecular weight is 666 g/mol. The fourth-order valence-corrected chi connectivity index (χ4v) is 7.20. The molecule has 2 heterocycles. The van der Waals surface area contributed by atoms with Gasteiger partial charge < -0.3 is 9.47 Å². The van der Waals surface area contributed by atoms with Gasteiger partial charge in [0.2, 0.25) is 5.91 Å². The zero-order valence-corrected chi connectivity index (χ0v) is 26.1. The number of benzene rings is 1. The molecule has 2 atom stereocenters. The van der Waals surface area contributed by atoms with Crippen molar-refractivity contribution in [2.24, 2.45) is 0 Å². The highest BCUT2D eigenvalue weighted by molar-refractivity contribution is 7.81. The second-order valence-corrected chi connectivity index (χ2v) is 12.5. The molecule has 1 saturated carbocycles. The standard InChI is InChI=1S/C29H37F6N5O4S/c1-27(2)25(42)39(20-5-4-18(15-36)22(14-20)28(30,31)32)26(45)40(27)19-6-8-21(9-7-19)44-13-12-37-10-11-38(17-24(41)43-3)23(16-37)29(33,34)35/h4-5,14,19,21,23,26,45H,6-13,16-17H2,1-3H3/t19?,21?,23-,26+/m1/s1. The van der Waals surface area contributed by atoms with Crippen molar-refractivity contribution in [3.63, 3.8) is 0 Å². The second kappa shape index (κ2) is 13.6. The van der Waals surface area contributed by atoms with Crippen LogP contribution < -0.4 is 4.90 Å². The lowest BCUT2D eigenvalue weighted by molar-refractivity contribution is -0.199. The molecule has 2 aliphatic heterocycles. The van der Waals surface area contributed by atoms with Crippen molar-refractivity contribution in [3.8, 4) is 6.07 Å². The summed E-state index contributed by atoms with van der Waals surface area (Å²) in [6.07, 6.45) is -6.92. The SMILES string of the molecule is COC(=O)CN1CCN(CCOC2CCC(N3[C@@H](S)N(c4ccc(C#N)c(C(F)(F)F)c4)C(=O)C3(C)C)CC2)C[C@@H]1C(F)(F)F. The summed E-state index contributed by atoms with van der Waals surface area (Å²) in [5, 5.41) is 9.14. The van der Waals surface area contributed by atoms with Crippen LogP contribution in [0.2, 0.25) is 0 Å². The van der Waals surface area contributed by atoms with E-state index >= 15 is 0 Å². The van der Waals surface area contributed by atoms with Crippen LogP contribution in [0.3, 0.4) is 0 Å². The fraction of sp³-hybridized carbons (Fsp3) is 0.690. The molecule has 2 saturated heterocycles. The Labute approximate surface area is 263 Å². The van der Waals surface area contributed by atoms with Gasteiger partial charge in [-0.3, -0.25) is 29.2 Å². The molecule has 0 bridgehead atoms. The van der Waals surface area contributed by atoms with E-state index in [2.05, 4.69) is 17.4 Å². The number of piperazine rings is 1. The Morgan fingerprint density at radius 2 is 1.78 bits per heavy atom. The molecule has 0 spiro atoms. The summed E-state index contributed by atoms with van der Waals surface area (Å²) in [5.74, 6) is -1.14. The van der Waals surface area contributed by atoms with E-state index in [0.717, 1.165) is 24.1 Å². The van der Waals surface area contributed by atoms with Crippen molar-refractivity contribution in [2.75, 3.05) is 51.3 Å². The minimum absolute atomic E-state index is 0.00203. The van der Waals surface area contributed by atoms with E-state index in [4.69, 9.17) is 10.00 Å². The summed E-state index contributed by atoms with van der Waals surface area (Å²) in [6.45, 7) is 3.64. The maximum absolute atomic E-state index is 13.7. The van der Waals surface area contributed by atoms with E-state index < -0.39 is 59.0 Å². The van der Waals surface area contributed by atoms with Crippen molar-refractivity contribution in [3.05, 3.63) is 29.3 Å². The molecule has 3 fully saturated rings. The summed E-state index contributed by atoms with van der Waals surface area (Å²) >= 11 is 4.67. The molecule has 0 unspecified atom stereocenters. The van der Waals surface area contributed by atoms with Crippen molar-refractivity contribution >= 4 is 30.2 Å². The Bertz CT molecular complexity index is 1280. The predicted octanol–water partition coefficient (Wildman–Crippen LogP) is 4.27. The molecule has 1 aromatic carbocycles. The highest BCUT2D eigenvalue weighted by Gasteiger charge is 2.54. The molecule has 1 aliphatic carbocycles. The highest BCUT2D eigenvalue weighted by Crippen LogP contribution is 2.43. The Morgan fingerprint density at radius 1 is 1.11 bits per heavy atom. The molecule has 1 aromatic rings. The molecule has 3 aliphatic rings. The predicted molar refractivity (Wildman–Crippen MR) is 154 cm³/mol. The number of nitriles is 1. The van der Waals surface area contributed by atoms with Crippen molar-refractivity contribution in [1.82, 2.24) is 14.7 Å². The molecule has 16 heteroatoms. The van der Waals surface area contributed by atoms with E-state index in [-0.39, 0.29) is 37.5 Å². The number of rotatable bonds is 8. The van der Waals surface area contributed by atoms with E-state index in [9.17, 15) is 35.9 Å². The lowest BCUT2D eigenvalue weighted by atomic mass is 9.89. The number of alkyl halides is 6. The van der Waals surface area contributed by atoms with Crippen LogP contribution in [0.4, 0.5) is 32.0 Å². The zero-order chi connectivity index (χ0) is 33.3. The van der Waals surface area contributed by atoms with E-state index in [1.807, 2.05) is 4.90 Å². The van der Waals surface area contributed by atoms with Gasteiger partial charge in [-0.25, -0.2) is 0 Å². The third-order valence-electron chi connectivity index (χ3n) is 8.89. The number of nitrogens with zero attached hydrogens (tertiary/aromatic N) is 5. The number of carbonyl (C=O) groups is 2. The zero-order valence-electron chi connectivity index (χ0n) is 25.2. The van der Waals surface area contributed by atoms with Crippen molar-refractivity contribution in [2.45, 2.75) is 81.1 Å². The van der Waals surface area contributed by atoms with Crippen LogP contribution in [0.5, 0.6) is 0 Å². The lowest BCUT2D eigenvalue weighted by Crippen LogP contribution is -2.60. The van der Waals surface area contributed by atoms with Gasteiger partial charge >= 0.3 is 18.3 Å². The number of ether oxygens (including phenoxy) is 2. The molecule has 0 N–H and O–H groups in total. The number of halogens is 6. The van der Waals surface area contributed by atoms with Crippen LogP contribution in [-0.2, 0) is 25.2 Å². The Hall–Kier alpha value is -2.58. The first-order valence-electron chi connectivity index (χ1n) is 14.6. The first-order valence-corrected chi connectivity index (χ1v) is 15.1. The van der Waals surface area contributed by atoms with E-state index in [1.54, 1.807) is 24.8 Å². The molecule has 9 nitrogen and oxygen atoms in total. The smallest absolute Gasteiger partial charge is 0.417 e. The third kappa shape index (κ3) is 7.70. The van der Waals surface area contributed by atoms with Gasteiger partial charge in [0.1, 0.15) is 11.5 Å². The van der Waals surface area contributed by atoms with Gasteiger partial charge in [-0.1, -0.05) is 0 Å². The minimum atomic E-state index is -4.78. The average Bonchev–Trinajstić information content (AvgIpc) is 3.15. The Balaban J connectivity index is 1.33. The van der Waals surface area contributed by atoms with E-state index in [1.165, 1.54) is 11.0 Å². The minimum Gasteiger partial charge on any atom is -0.468 e. The Kier molecular flexibility index (Phi) is 10.7. The number of methoxy groups -OCH3 is 1. The number of amides is 1. The van der Waals surface area contributed by atoms with Gasteiger partial charge in [0.15, 0.2) is 0 Å². The normalized spacial score (nSPS) is 27.0. The number of hydrogen-bond acceptors (Lipinski definition) is 9. The molecule has 0 radical (unpaired) electrons. The summed E-state index contributed by atoms with van der Waals surface area (Å²) in [6, 6.07) is 2.81. The van der Waals surface area contributed by atoms with Crippen LogP contribution in [0, 0.1) is 11.3 Å². The number of esters is 1. The van der Waals surface area contributed by atoms with Crippen molar-refractivity contribution in [1.29, 1.82) is 5.26 Å². The third-order valence-corrected chi connectivity index (χ3v) is 9.37. The summed E-state index contributed by atoms with van der Waals surface area (Å²) < 4.78 is 92.4. The molecular formula is C29H37F6N5O4S. The summed E-state index contributed by atoms with van der Waals surface area (Å²) in [4.78, 5) is 30.9. The molecule has 45 heavy (non-hydrogen) atoms. The number of carbonyl (C=O) groups excluding carboxylic acids is 2. The maximum atomic E-state index is 13.7. The van der Waals surface area contributed by atoms with Gasteiger partial charge in [0, 0.05) is 37.9 Å². The van der Waals surface area contributed by atoms with E-state index in [0.29, 0.717) is 38.8 Å². The van der Waals surface area contributed by atoms with Crippen LogP contribution in [-0.4, -0.2) is 108 Å². The first kappa shape index (κ1) is 35.3. The second-order valence-electron chi connectivity index (χ2n) is 12.0. The van der Waals surface area contributed by atoms with Crippen LogP contribution in [0.15, 0.2) is 18.2 Å². The number of thiol groups is 1.